The maximum absolute atomic E-state index is 14.0. The van der Waals surface area contributed by atoms with E-state index in [1.54, 1.807) is 0 Å². The summed E-state index contributed by atoms with van der Waals surface area (Å²) >= 11 is 0. The highest BCUT2D eigenvalue weighted by Crippen LogP contribution is 2.28. The normalized spacial score (nSPS) is 14.6. The number of halogens is 2. The molecule has 0 aromatic heterocycles. The Labute approximate surface area is 121 Å². The zero-order valence-electron chi connectivity index (χ0n) is 12.7. The number of nitrogens with two attached hydrogens (primary N) is 1. The van der Waals surface area contributed by atoms with E-state index in [0.717, 1.165) is 25.8 Å². The van der Waals surface area contributed by atoms with E-state index in [1.165, 1.54) is 18.2 Å². The van der Waals surface area contributed by atoms with Crippen molar-refractivity contribution in [3.63, 3.8) is 0 Å². The lowest BCUT2D eigenvalue weighted by Crippen LogP contribution is -2.41. The van der Waals surface area contributed by atoms with Gasteiger partial charge in [-0.3, -0.25) is 4.90 Å². The Morgan fingerprint density at radius 2 is 1.80 bits per heavy atom. The van der Waals surface area contributed by atoms with Crippen LogP contribution in [0.4, 0.5) is 8.78 Å². The zero-order chi connectivity index (χ0) is 15.1. The molecule has 0 aliphatic carbocycles. The molecular formula is C16H26F2N2. The highest BCUT2D eigenvalue weighted by molar-refractivity contribution is 5.24. The summed E-state index contributed by atoms with van der Waals surface area (Å²) in [7, 11) is 0. The molecule has 0 amide bonds. The van der Waals surface area contributed by atoms with Crippen molar-refractivity contribution < 1.29 is 8.78 Å². The fraction of sp³-hybridized carbons (Fsp3) is 0.625. The second kappa shape index (κ2) is 8.32. The van der Waals surface area contributed by atoms with Gasteiger partial charge in [-0.25, -0.2) is 8.78 Å². The molecule has 0 aliphatic heterocycles. The molecule has 2 unspecified atom stereocenters. The third kappa shape index (κ3) is 4.00. The van der Waals surface area contributed by atoms with E-state index in [0.29, 0.717) is 0 Å². The molecule has 0 spiro atoms. The first-order valence-corrected chi connectivity index (χ1v) is 7.46. The summed E-state index contributed by atoms with van der Waals surface area (Å²) in [4.78, 5) is 2.13. The van der Waals surface area contributed by atoms with Crippen molar-refractivity contribution in [2.24, 2.45) is 5.73 Å². The molecule has 0 saturated heterocycles. The van der Waals surface area contributed by atoms with Gasteiger partial charge in [0.05, 0.1) is 6.04 Å². The molecule has 4 heteroatoms. The predicted octanol–water partition coefficient (Wildman–Crippen LogP) is 3.87. The third-order valence-corrected chi connectivity index (χ3v) is 3.88. The first kappa shape index (κ1) is 17.1. The monoisotopic (exact) mass is 284 g/mol. The molecule has 114 valence electrons. The molecule has 2 N–H and O–H groups in total. The van der Waals surface area contributed by atoms with Crippen molar-refractivity contribution >= 4 is 0 Å². The van der Waals surface area contributed by atoms with Crippen molar-refractivity contribution in [3.8, 4) is 0 Å². The molecule has 1 aromatic carbocycles. The average molecular weight is 284 g/mol. The van der Waals surface area contributed by atoms with Gasteiger partial charge in [0.25, 0.3) is 0 Å². The van der Waals surface area contributed by atoms with E-state index in [4.69, 9.17) is 5.73 Å². The number of rotatable bonds is 8. The van der Waals surface area contributed by atoms with E-state index in [9.17, 15) is 8.78 Å². The SMILES string of the molecule is CCCCN(C(C)CC)C(CN)c1c(F)cccc1F. The molecule has 0 heterocycles. The van der Waals surface area contributed by atoms with Crippen LogP contribution in [0.3, 0.4) is 0 Å². The number of benzene rings is 1. The summed E-state index contributed by atoms with van der Waals surface area (Å²) in [6.45, 7) is 7.29. The summed E-state index contributed by atoms with van der Waals surface area (Å²) < 4.78 is 28.0. The second-order valence-corrected chi connectivity index (χ2v) is 5.24. The first-order chi connectivity index (χ1) is 9.56. The van der Waals surface area contributed by atoms with Crippen LogP contribution in [0.5, 0.6) is 0 Å². The molecule has 0 aliphatic rings. The van der Waals surface area contributed by atoms with Gasteiger partial charge in [-0.2, -0.15) is 0 Å². The second-order valence-electron chi connectivity index (χ2n) is 5.24. The Morgan fingerprint density at radius 3 is 2.25 bits per heavy atom. The standard InChI is InChI=1S/C16H26F2N2/c1-4-6-10-20(12(3)5-2)15(11-19)16-13(17)8-7-9-14(16)18/h7-9,12,15H,4-6,10-11,19H2,1-3H3. The lowest BCUT2D eigenvalue weighted by atomic mass is 10.0. The molecule has 2 atom stereocenters. The van der Waals surface area contributed by atoms with Gasteiger partial charge in [0.1, 0.15) is 11.6 Å². The van der Waals surface area contributed by atoms with E-state index >= 15 is 0 Å². The topological polar surface area (TPSA) is 29.3 Å². The van der Waals surface area contributed by atoms with Crippen LogP contribution < -0.4 is 5.73 Å². The highest BCUT2D eigenvalue weighted by Gasteiger charge is 2.27. The summed E-state index contributed by atoms with van der Waals surface area (Å²) in [6.07, 6.45) is 2.97. The van der Waals surface area contributed by atoms with Gasteiger partial charge in [-0.15, -0.1) is 0 Å². The highest BCUT2D eigenvalue weighted by atomic mass is 19.1. The summed E-state index contributed by atoms with van der Waals surface area (Å²) in [5.74, 6) is -1.02. The molecule has 0 saturated carbocycles. The van der Waals surface area contributed by atoms with Crippen LogP contribution in [-0.2, 0) is 0 Å². The van der Waals surface area contributed by atoms with Crippen molar-refractivity contribution in [1.82, 2.24) is 4.90 Å². The zero-order valence-corrected chi connectivity index (χ0v) is 12.7. The largest absolute Gasteiger partial charge is 0.329 e. The van der Waals surface area contributed by atoms with Gasteiger partial charge in [-0.1, -0.05) is 26.3 Å². The molecule has 0 bridgehead atoms. The van der Waals surface area contributed by atoms with Gasteiger partial charge >= 0.3 is 0 Å². The molecule has 0 radical (unpaired) electrons. The Bertz CT molecular complexity index is 389. The number of nitrogens with zero attached hydrogens (tertiary/aromatic N) is 1. The molecule has 1 aromatic rings. The number of unbranched alkanes of at least 4 members (excludes halogenated alkanes) is 1. The minimum Gasteiger partial charge on any atom is -0.329 e. The number of hydrogen-bond donors (Lipinski definition) is 1. The van der Waals surface area contributed by atoms with Crippen molar-refractivity contribution in [2.45, 2.75) is 52.1 Å². The van der Waals surface area contributed by atoms with Crippen LogP contribution >= 0.6 is 0 Å². The maximum atomic E-state index is 14.0. The van der Waals surface area contributed by atoms with Gasteiger partial charge < -0.3 is 5.73 Å². The van der Waals surface area contributed by atoms with Crippen molar-refractivity contribution in [1.29, 1.82) is 0 Å². The minimum atomic E-state index is -0.509. The van der Waals surface area contributed by atoms with Gasteiger partial charge in [0.2, 0.25) is 0 Å². The van der Waals surface area contributed by atoms with Gasteiger partial charge in [0.15, 0.2) is 0 Å². The molecule has 0 fully saturated rings. The Hall–Kier alpha value is -1.00. The van der Waals surface area contributed by atoms with E-state index in [1.807, 2.05) is 0 Å². The Balaban J connectivity index is 3.11. The van der Waals surface area contributed by atoms with Crippen molar-refractivity contribution in [2.75, 3.05) is 13.1 Å². The van der Waals surface area contributed by atoms with Crippen molar-refractivity contribution in [3.05, 3.63) is 35.4 Å². The Kier molecular flexibility index (Phi) is 7.10. The quantitative estimate of drug-likeness (QED) is 0.785. The van der Waals surface area contributed by atoms with Gasteiger partial charge in [0, 0.05) is 18.2 Å². The smallest absolute Gasteiger partial charge is 0.130 e. The lowest BCUT2D eigenvalue weighted by Gasteiger charge is -2.36. The number of hydrogen-bond acceptors (Lipinski definition) is 2. The van der Waals surface area contributed by atoms with Crippen LogP contribution in [0.25, 0.3) is 0 Å². The van der Waals surface area contributed by atoms with E-state index in [-0.39, 0.29) is 18.2 Å². The van der Waals surface area contributed by atoms with Crippen LogP contribution in [0, 0.1) is 11.6 Å². The van der Waals surface area contributed by atoms with E-state index < -0.39 is 17.7 Å². The summed E-state index contributed by atoms with van der Waals surface area (Å²) in [5, 5.41) is 0. The average Bonchev–Trinajstić information content (AvgIpc) is 2.44. The van der Waals surface area contributed by atoms with Crippen LogP contribution in [0.1, 0.15) is 51.6 Å². The van der Waals surface area contributed by atoms with E-state index in [2.05, 4.69) is 25.7 Å². The summed E-state index contributed by atoms with van der Waals surface area (Å²) in [5.41, 5.74) is 5.94. The first-order valence-electron chi connectivity index (χ1n) is 7.46. The molecular weight excluding hydrogens is 258 g/mol. The Morgan fingerprint density at radius 1 is 1.20 bits per heavy atom. The predicted molar refractivity (Wildman–Crippen MR) is 79.5 cm³/mol. The van der Waals surface area contributed by atoms with Crippen LogP contribution in [-0.4, -0.2) is 24.0 Å². The fourth-order valence-corrected chi connectivity index (χ4v) is 2.51. The minimum absolute atomic E-state index is 0.103. The molecule has 1 rings (SSSR count). The van der Waals surface area contributed by atoms with Crippen LogP contribution in [0.2, 0.25) is 0 Å². The third-order valence-electron chi connectivity index (χ3n) is 3.88. The molecule has 20 heavy (non-hydrogen) atoms. The maximum Gasteiger partial charge on any atom is 0.130 e. The van der Waals surface area contributed by atoms with Gasteiger partial charge in [-0.05, 0) is 38.4 Å². The lowest BCUT2D eigenvalue weighted by molar-refractivity contribution is 0.135. The van der Waals surface area contributed by atoms with Crippen LogP contribution in [0.15, 0.2) is 18.2 Å². The molecule has 2 nitrogen and oxygen atoms in total. The summed E-state index contributed by atoms with van der Waals surface area (Å²) in [6, 6.07) is 3.83. The fourth-order valence-electron chi connectivity index (χ4n) is 2.51.